The van der Waals surface area contributed by atoms with Crippen LogP contribution in [0.4, 0.5) is 4.39 Å². The topological polar surface area (TPSA) is 42.0 Å². The predicted molar refractivity (Wildman–Crippen MR) is 105 cm³/mol. The van der Waals surface area contributed by atoms with Crippen LogP contribution < -0.4 is 4.74 Å². The second-order valence-electron chi connectivity index (χ2n) is 8.40. The molecule has 4 rings (SSSR count). The molecule has 3 aliphatic rings. The number of piperidine rings is 2. The van der Waals surface area contributed by atoms with Crippen LogP contribution in [0.15, 0.2) is 24.3 Å². The summed E-state index contributed by atoms with van der Waals surface area (Å²) in [5.74, 6) is 0.195. The van der Waals surface area contributed by atoms with Crippen molar-refractivity contribution in [2.75, 3.05) is 39.4 Å². The lowest BCUT2D eigenvalue weighted by Gasteiger charge is -2.49. The van der Waals surface area contributed by atoms with E-state index in [2.05, 4.69) is 4.90 Å². The highest BCUT2D eigenvalue weighted by molar-refractivity contribution is 5.77. The van der Waals surface area contributed by atoms with Crippen molar-refractivity contribution in [1.82, 2.24) is 9.80 Å². The summed E-state index contributed by atoms with van der Waals surface area (Å²) >= 11 is 0. The van der Waals surface area contributed by atoms with Gasteiger partial charge >= 0.3 is 0 Å². The highest BCUT2D eigenvalue weighted by atomic mass is 19.1. The van der Waals surface area contributed by atoms with Crippen LogP contribution in [0.25, 0.3) is 0 Å². The summed E-state index contributed by atoms with van der Waals surface area (Å²) in [6.45, 7) is 4.73. The molecule has 0 bridgehead atoms. The number of nitrogens with zero attached hydrogens (tertiary/aromatic N) is 2. The van der Waals surface area contributed by atoms with Crippen LogP contribution in [0.2, 0.25) is 0 Å². The lowest BCUT2D eigenvalue weighted by Crippen LogP contribution is -2.55. The van der Waals surface area contributed by atoms with Crippen LogP contribution in [0.1, 0.15) is 44.9 Å². The Kier molecular flexibility index (Phi) is 6.16. The second kappa shape index (κ2) is 8.78. The third kappa shape index (κ3) is 4.66. The molecule has 3 heterocycles. The van der Waals surface area contributed by atoms with Gasteiger partial charge in [-0.25, -0.2) is 4.39 Å². The van der Waals surface area contributed by atoms with Crippen LogP contribution in [0.5, 0.6) is 5.75 Å². The maximum Gasteiger partial charge on any atom is 0.260 e. The Labute approximate surface area is 166 Å². The molecule has 3 aliphatic heterocycles. The summed E-state index contributed by atoms with van der Waals surface area (Å²) in [5, 5.41) is 0. The average Bonchev–Trinajstić information content (AvgIpc) is 2.74. The average molecular weight is 390 g/mol. The highest BCUT2D eigenvalue weighted by Gasteiger charge is 2.42. The lowest BCUT2D eigenvalue weighted by molar-refractivity contribution is -0.151. The molecule has 5 nitrogen and oxygen atoms in total. The third-order valence-corrected chi connectivity index (χ3v) is 6.58. The molecule has 1 unspecified atom stereocenters. The van der Waals surface area contributed by atoms with Gasteiger partial charge in [0.25, 0.3) is 5.91 Å². The van der Waals surface area contributed by atoms with E-state index in [0.717, 1.165) is 45.4 Å². The molecule has 1 amide bonds. The molecule has 28 heavy (non-hydrogen) atoms. The van der Waals surface area contributed by atoms with Crippen LogP contribution in [0, 0.1) is 5.82 Å². The van der Waals surface area contributed by atoms with Crippen molar-refractivity contribution >= 4 is 5.91 Å². The minimum absolute atomic E-state index is 0.00408. The van der Waals surface area contributed by atoms with E-state index in [1.807, 2.05) is 4.90 Å². The smallest absolute Gasteiger partial charge is 0.260 e. The number of amides is 1. The van der Waals surface area contributed by atoms with Crippen molar-refractivity contribution < 1.29 is 18.7 Å². The fraction of sp³-hybridized carbons (Fsp3) is 0.682. The van der Waals surface area contributed by atoms with E-state index >= 15 is 0 Å². The van der Waals surface area contributed by atoms with Crippen LogP contribution >= 0.6 is 0 Å². The molecule has 154 valence electrons. The van der Waals surface area contributed by atoms with Gasteiger partial charge in [0.15, 0.2) is 6.61 Å². The molecule has 0 N–H and O–H groups in total. The van der Waals surface area contributed by atoms with Gasteiger partial charge in [-0.1, -0.05) is 6.42 Å². The van der Waals surface area contributed by atoms with Gasteiger partial charge in [-0.2, -0.15) is 0 Å². The summed E-state index contributed by atoms with van der Waals surface area (Å²) < 4.78 is 24.7. The third-order valence-electron chi connectivity index (χ3n) is 6.58. The number of ether oxygens (including phenoxy) is 2. The van der Waals surface area contributed by atoms with Gasteiger partial charge in [0.05, 0.1) is 5.60 Å². The molecular weight excluding hydrogens is 359 g/mol. The molecule has 0 aliphatic carbocycles. The van der Waals surface area contributed by atoms with Gasteiger partial charge in [-0.15, -0.1) is 0 Å². The number of rotatable bonds is 4. The number of hydrogen-bond acceptors (Lipinski definition) is 4. The standard InChI is InChI=1S/C22H31FN2O3/c23-18-4-6-20(7-5-18)27-17-21(26)25-13-9-22(10-14-25)16-19(8-15-28-22)24-11-2-1-3-12-24/h4-7,19H,1-3,8-17H2. The van der Waals surface area contributed by atoms with E-state index in [9.17, 15) is 9.18 Å². The highest BCUT2D eigenvalue weighted by Crippen LogP contribution is 2.37. The predicted octanol–water partition coefficient (Wildman–Crippen LogP) is 3.23. The first-order chi connectivity index (χ1) is 13.6. The first-order valence-corrected chi connectivity index (χ1v) is 10.7. The molecule has 0 aromatic heterocycles. The zero-order chi connectivity index (χ0) is 19.4. The molecule has 6 heteroatoms. The molecule has 3 fully saturated rings. The second-order valence-corrected chi connectivity index (χ2v) is 8.40. The van der Waals surface area contributed by atoms with Crippen molar-refractivity contribution in [2.45, 2.75) is 56.6 Å². The summed E-state index contributed by atoms with van der Waals surface area (Å²) in [4.78, 5) is 17.0. The molecular formula is C22H31FN2O3. The number of halogens is 1. The number of carbonyl (C=O) groups excluding carboxylic acids is 1. The van der Waals surface area contributed by atoms with E-state index < -0.39 is 0 Å². The van der Waals surface area contributed by atoms with Gasteiger partial charge in [-0.05, 0) is 75.9 Å². The number of benzene rings is 1. The maximum absolute atomic E-state index is 13.0. The van der Waals surface area contributed by atoms with Gasteiger partial charge in [0, 0.05) is 25.7 Å². The van der Waals surface area contributed by atoms with Crippen molar-refractivity contribution in [1.29, 1.82) is 0 Å². The van der Waals surface area contributed by atoms with Gasteiger partial charge < -0.3 is 19.3 Å². The molecule has 3 saturated heterocycles. The molecule has 1 spiro atoms. The van der Waals surface area contributed by atoms with E-state index in [4.69, 9.17) is 9.47 Å². The largest absolute Gasteiger partial charge is 0.484 e. The molecule has 1 aromatic rings. The molecule has 1 aromatic carbocycles. The fourth-order valence-electron chi connectivity index (χ4n) is 4.88. The SMILES string of the molecule is O=C(COc1ccc(F)cc1)N1CCC2(CC1)CC(N1CCCCC1)CCO2. The quantitative estimate of drug-likeness (QED) is 0.792. The Morgan fingerprint density at radius 1 is 1.11 bits per heavy atom. The number of likely N-dealkylation sites (tertiary alicyclic amines) is 2. The Morgan fingerprint density at radius 3 is 2.54 bits per heavy atom. The Balaban J connectivity index is 1.26. The van der Waals surface area contributed by atoms with E-state index in [1.54, 1.807) is 12.1 Å². The summed E-state index contributed by atoms with van der Waals surface area (Å²) in [6.07, 6.45) is 8.04. The zero-order valence-electron chi connectivity index (χ0n) is 16.6. The number of hydrogen-bond donors (Lipinski definition) is 0. The van der Waals surface area contributed by atoms with Crippen molar-refractivity contribution in [3.63, 3.8) is 0 Å². The Morgan fingerprint density at radius 2 is 1.82 bits per heavy atom. The van der Waals surface area contributed by atoms with E-state index in [0.29, 0.717) is 11.8 Å². The van der Waals surface area contributed by atoms with Crippen molar-refractivity contribution in [3.05, 3.63) is 30.1 Å². The molecule has 1 atom stereocenters. The molecule has 0 radical (unpaired) electrons. The molecule has 0 saturated carbocycles. The van der Waals surface area contributed by atoms with Crippen LogP contribution in [0.3, 0.4) is 0 Å². The van der Waals surface area contributed by atoms with Crippen LogP contribution in [-0.2, 0) is 9.53 Å². The summed E-state index contributed by atoms with van der Waals surface area (Å²) in [5.41, 5.74) is -0.0606. The summed E-state index contributed by atoms with van der Waals surface area (Å²) in [7, 11) is 0. The number of carbonyl (C=O) groups is 1. The minimum Gasteiger partial charge on any atom is -0.484 e. The van der Waals surface area contributed by atoms with E-state index in [-0.39, 0.29) is 23.9 Å². The van der Waals surface area contributed by atoms with Crippen molar-refractivity contribution in [2.24, 2.45) is 0 Å². The zero-order valence-corrected chi connectivity index (χ0v) is 16.6. The summed E-state index contributed by atoms with van der Waals surface area (Å²) in [6, 6.07) is 6.40. The first-order valence-electron chi connectivity index (χ1n) is 10.7. The first kappa shape index (κ1) is 19.6. The van der Waals surface area contributed by atoms with Gasteiger partial charge in [-0.3, -0.25) is 4.79 Å². The van der Waals surface area contributed by atoms with Crippen LogP contribution in [-0.4, -0.2) is 66.7 Å². The Hall–Kier alpha value is -1.66. The lowest BCUT2D eigenvalue weighted by atomic mass is 9.81. The monoisotopic (exact) mass is 390 g/mol. The normalized spacial score (nSPS) is 25.6. The van der Waals surface area contributed by atoms with E-state index in [1.165, 1.54) is 44.5 Å². The fourth-order valence-corrected chi connectivity index (χ4v) is 4.88. The maximum atomic E-state index is 13.0. The minimum atomic E-state index is -0.310. The van der Waals surface area contributed by atoms with Crippen molar-refractivity contribution in [3.8, 4) is 5.75 Å². The van der Waals surface area contributed by atoms with Gasteiger partial charge in [0.2, 0.25) is 0 Å². The Bertz CT molecular complexity index is 652. The van der Waals surface area contributed by atoms with Gasteiger partial charge in [0.1, 0.15) is 11.6 Å².